The van der Waals surface area contributed by atoms with Crippen molar-refractivity contribution in [3.63, 3.8) is 0 Å². The molecular weight excluding hydrogens is 288 g/mol. The molecule has 0 aliphatic carbocycles. The van der Waals surface area contributed by atoms with Crippen molar-refractivity contribution in [2.75, 3.05) is 5.32 Å². The summed E-state index contributed by atoms with van der Waals surface area (Å²) in [6.45, 7) is 0. The quantitative estimate of drug-likeness (QED) is 0.348. The minimum absolute atomic E-state index is 0.0467. The zero-order chi connectivity index (χ0) is 16.1. The van der Waals surface area contributed by atoms with Gasteiger partial charge in [-0.1, -0.05) is 12.1 Å². The fourth-order valence-electron chi connectivity index (χ4n) is 1.67. The van der Waals surface area contributed by atoms with Crippen molar-refractivity contribution in [2.45, 2.75) is 0 Å². The molecule has 0 bridgehead atoms. The SMILES string of the molecule is O=C(/C=C/c1ccc(O)cc1)Nc1cc([N+](=O)[O-])ccc1O. The van der Waals surface area contributed by atoms with E-state index in [1.54, 1.807) is 12.1 Å². The molecule has 3 N–H and O–H groups in total. The van der Waals surface area contributed by atoms with Crippen LogP contribution in [-0.2, 0) is 4.79 Å². The van der Waals surface area contributed by atoms with Gasteiger partial charge in [0.1, 0.15) is 11.5 Å². The van der Waals surface area contributed by atoms with Crippen LogP contribution in [0.4, 0.5) is 11.4 Å². The lowest BCUT2D eigenvalue weighted by Gasteiger charge is -2.04. The molecule has 0 aliphatic heterocycles. The Morgan fingerprint density at radius 1 is 1.14 bits per heavy atom. The van der Waals surface area contributed by atoms with Gasteiger partial charge in [0, 0.05) is 18.2 Å². The van der Waals surface area contributed by atoms with Gasteiger partial charge in [-0.2, -0.15) is 0 Å². The third-order valence-corrected chi connectivity index (χ3v) is 2.77. The summed E-state index contributed by atoms with van der Waals surface area (Å²) in [4.78, 5) is 21.8. The van der Waals surface area contributed by atoms with E-state index < -0.39 is 10.8 Å². The van der Waals surface area contributed by atoms with E-state index in [1.165, 1.54) is 24.3 Å². The standard InChI is InChI=1S/C15H12N2O5/c18-12-5-1-10(2-6-12)3-8-15(20)16-13-9-11(17(21)22)4-7-14(13)19/h1-9,18-19H,(H,16,20)/b8-3+. The fraction of sp³-hybridized carbons (Fsp3) is 0. The van der Waals surface area contributed by atoms with Crippen molar-refractivity contribution >= 4 is 23.4 Å². The number of nitrogens with zero attached hydrogens (tertiary/aromatic N) is 1. The van der Waals surface area contributed by atoms with E-state index in [4.69, 9.17) is 5.11 Å². The first-order valence-electron chi connectivity index (χ1n) is 6.21. The van der Waals surface area contributed by atoms with Crippen molar-refractivity contribution in [2.24, 2.45) is 0 Å². The van der Waals surface area contributed by atoms with Crippen LogP contribution in [0.2, 0.25) is 0 Å². The van der Waals surface area contributed by atoms with Crippen LogP contribution in [0.25, 0.3) is 6.08 Å². The Balaban J connectivity index is 2.10. The highest BCUT2D eigenvalue weighted by Gasteiger charge is 2.11. The van der Waals surface area contributed by atoms with Crippen molar-refractivity contribution in [3.8, 4) is 11.5 Å². The summed E-state index contributed by atoms with van der Waals surface area (Å²) in [6.07, 6.45) is 2.72. The Bertz CT molecular complexity index is 738. The summed E-state index contributed by atoms with van der Waals surface area (Å²) in [5.74, 6) is -0.705. The number of phenols is 2. The molecule has 2 aromatic carbocycles. The van der Waals surface area contributed by atoms with Gasteiger partial charge in [0.05, 0.1) is 10.6 Å². The summed E-state index contributed by atoms with van der Waals surface area (Å²) in [7, 11) is 0. The topological polar surface area (TPSA) is 113 Å². The van der Waals surface area contributed by atoms with Crippen LogP contribution in [0, 0.1) is 10.1 Å². The van der Waals surface area contributed by atoms with Gasteiger partial charge in [0.25, 0.3) is 5.69 Å². The Labute approximate surface area is 125 Å². The average molecular weight is 300 g/mol. The first kappa shape index (κ1) is 15.0. The number of nitro benzene ring substituents is 1. The van der Waals surface area contributed by atoms with Crippen LogP contribution in [0.3, 0.4) is 0 Å². The highest BCUT2D eigenvalue weighted by Crippen LogP contribution is 2.27. The zero-order valence-electron chi connectivity index (χ0n) is 11.3. The van der Waals surface area contributed by atoms with Crippen molar-refractivity contribution in [1.82, 2.24) is 0 Å². The van der Waals surface area contributed by atoms with Crippen molar-refractivity contribution in [3.05, 3.63) is 64.2 Å². The molecule has 0 fully saturated rings. The number of hydrogen-bond donors (Lipinski definition) is 3. The number of phenolic OH excluding ortho intramolecular Hbond substituents is 2. The molecule has 7 heteroatoms. The molecule has 0 aromatic heterocycles. The van der Waals surface area contributed by atoms with Gasteiger partial charge in [0.2, 0.25) is 5.91 Å². The number of non-ortho nitro benzene ring substituents is 1. The van der Waals surface area contributed by atoms with E-state index in [1.807, 2.05) is 0 Å². The highest BCUT2D eigenvalue weighted by molar-refractivity contribution is 6.02. The number of amides is 1. The van der Waals surface area contributed by atoms with Gasteiger partial charge in [-0.3, -0.25) is 14.9 Å². The predicted molar refractivity (Wildman–Crippen MR) is 80.5 cm³/mol. The molecule has 2 rings (SSSR count). The third-order valence-electron chi connectivity index (χ3n) is 2.77. The molecular formula is C15H12N2O5. The number of nitro groups is 1. The van der Waals surface area contributed by atoms with Crippen molar-refractivity contribution in [1.29, 1.82) is 0 Å². The number of benzene rings is 2. The molecule has 1 amide bonds. The number of carbonyl (C=O) groups excluding carboxylic acids is 1. The Morgan fingerprint density at radius 2 is 1.82 bits per heavy atom. The number of hydrogen-bond acceptors (Lipinski definition) is 5. The average Bonchev–Trinajstić information content (AvgIpc) is 2.48. The second-order valence-electron chi connectivity index (χ2n) is 4.37. The predicted octanol–water partition coefficient (Wildman–Crippen LogP) is 2.66. The van der Waals surface area contributed by atoms with Crippen LogP contribution in [0.15, 0.2) is 48.5 Å². The number of aromatic hydroxyl groups is 2. The summed E-state index contributed by atoms with van der Waals surface area (Å²) in [6, 6.07) is 9.53. The molecule has 0 saturated carbocycles. The minimum atomic E-state index is -0.624. The van der Waals surface area contributed by atoms with E-state index in [9.17, 15) is 20.0 Å². The van der Waals surface area contributed by atoms with Crippen molar-refractivity contribution < 1.29 is 19.9 Å². The lowest BCUT2D eigenvalue weighted by molar-refractivity contribution is -0.384. The van der Waals surface area contributed by atoms with E-state index in [2.05, 4.69) is 5.32 Å². The Kier molecular flexibility index (Phi) is 4.38. The molecule has 112 valence electrons. The van der Waals surface area contributed by atoms with E-state index >= 15 is 0 Å². The maximum atomic E-state index is 11.8. The van der Waals surface area contributed by atoms with Crippen LogP contribution in [0.5, 0.6) is 11.5 Å². The number of rotatable bonds is 4. The molecule has 2 aromatic rings. The maximum Gasteiger partial charge on any atom is 0.271 e. The van der Waals surface area contributed by atoms with E-state index in [-0.39, 0.29) is 22.9 Å². The highest BCUT2D eigenvalue weighted by atomic mass is 16.6. The first-order chi connectivity index (χ1) is 10.5. The van der Waals surface area contributed by atoms with Crippen LogP contribution < -0.4 is 5.32 Å². The molecule has 0 saturated heterocycles. The fourth-order valence-corrected chi connectivity index (χ4v) is 1.67. The molecule has 0 heterocycles. The summed E-state index contributed by atoms with van der Waals surface area (Å²) < 4.78 is 0. The van der Waals surface area contributed by atoms with Crippen LogP contribution >= 0.6 is 0 Å². The molecule has 0 aliphatic rings. The second-order valence-corrected chi connectivity index (χ2v) is 4.37. The third kappa shape index (κ3) is 3.83. The molecule has 0 atom stereocenters. The summed E-state index contributed by atoms with van der Waals surface area (Å²) in [5, 5.41) is 31.8. The van der Waals surface area contributed by atoms with Gasteiger partial charge in [-0.15, -0.1) is 0 Å². The van der Waals surface area contributed by atoms with Gasteiger partial charge in [-0.05, 0) is 29.8 Å². The largest absolute Gasteiger partial charge is 0.508 e. The zero-order valence-corrected chi connectivity index (χ0v) is 11.3. The molecule has 0 spiro atoms. The number of anilines is 1. The normalized spacial score (nSPS) is 10.5. The first-order valence-corrected chi connectivity index (χ1v) is 6.21. The smallest absolute Gasteiger partial charge is 0.271 e. The molecule has 7 nitrogen and oxygen atoms in total. The van der Waals surface area contributed by atoms with Crippen LogP contribution in [-0.4, -0.2) is 21.0 Å². The molecule has 0 radical (unpaired) electrons. The Morgan fingerprint density at radius 3 is 2.45 bits per heavy atom. The van der Waals surface area contributed by atoms with Gasteiger partial charge < -0.3 is 15.5 Å². The van der Waals surface area contributed by atoms with Gasteiger partial charge in [-0.25, -0.2) is 0 Å². The van der Waals surface area contributed by atoms with Gasteiger partial charge >= 0.3 is 0 Å². The van der Waals surface area contributed by atoms with E-state index in [0.29, 0.717) is 5.56 Å². The number of carbonyl (C=O) groups is 1. The summed E-state index contributed by atoms with van der Waals surface area (Å²) >= 11 is 0. The number of nitrogens with one attached hydrogen (secondary N) is 1. The lowest BCUT2D eigenvalue weighted by Crippen LogP contribution is -2.08. The monoisotopic (exact) mass is 300 g/mol. The minimum Gasteiger partial charge on any atom is -0.508 e. The van der Waals surface area contributed by atoms with Crippen LogP contribution in [0.1, 0.15) is 5.56 Å². The summed E-state index contributed by atoms with van der Waals surface area (Å²) in [5.41, 5.74) is 0.404. The molecule has 22 heavy (non-hydrogen) atoms. The lowest BCUT2D eigenvalue weighted by atomic mass is 10.2. The maximum absolute atomic E-state index is 11.8. The van der Waals surface area contributed by atoms with E-state index in [0.717, 1.165) is 18.2 Å². The second kappa shape index (κ2) is 6.40. The Hall–Kier alpha value is -3.35. The molecule has 0 unspecified atom stereocenters. The van der Waals surface area contributed by atoms with Gasteiger partial charge in [0.15, 0.2) is 0 Å².